The number of hydrogen-bond acceptors (Lipinski definition) is 4. The van der Waals surface area contributed by atoms with Crippen molar-refractivity contribution < 1.29 is 13.2 Å². The highest BCUT2D eigenvalue weighted by atomic mass is 35.5. The zero-order valence-corrected chi connectivity index (χ0v) is 18.4. The van der Waals surface area contributed by atoms with Gasteiger partial charge in [0, 0.05) is 30.7 Å². The summed E-state index contributed by atoms with van der Waals surface area (Å²) in [6.45, 7) is 4.75. The summed E-state index contributed by atoms with van der Waals surface area (Å²) in [5.74, 6) is -0.289. The predicted molar refractivity (Wildman–Crippen MR) is 114 cm³/mol. The number of halogens is 1. The Kier molecular flexibility index (Phi) is 9.21. The maximum absolute atomic E-state index is 12.3. The lowest BCUT2D eigenvalue weighted by molar-refractivity contribution is -0.121. The Morgan fingerprint density at radius 3 is 2.75 bits per heavy atom. The molecule has 1 atom stereocenters. The smallest absolute Gasteiger partial charge is 0.235 e. The summed E-state index contributed by atoms with van der Waals surface area (Å²) in [7, 11) is -3.53. The average molecular weight is 430 g/mol. The van der Waals surface area contributed by atoms with Crippen molar-refractivity contribution in [2.45, 2.75) is 51.6 Å². The Balaban J connectivity index is 1.81. The fourth-order valence-corrected chi connectivity index (χ4v) is 4.57. The molecule has 0 radical (unpaired) electrons. The summed E-state index contributed by atoms with van der Waals surface area (Å²) in [4.78, 5) is 14.8. The standard InChI is InChI=1S/C20H32ClN3O3S/c1-3-18-10-6-7-13-23(18)14-8-12-22-20(25)16-24(28(2,26)27)15-17-9-4-5-11-19(17)21/h4-5,9,11,18H,3,6-8,10,12-16H2,1-2H3,(H,22,25). The van der Waals surface area contributed by atoms with Crippen LogP contribution in [-0.4, -0.2) is 62.0 Å². The van der Waals surface area contributed by atoms with Crippen LogP contribution in [0.25, 0.3) is 0 Å². The molecule has 0 bridgehead atoms. The number of amides is 1. The maximum Gasteiger partial charge on any atom is 0.235 e. The lowest BCUT2D eigenvalue weighted by atomic mass is 10.00. The normalized spacial score (nSPS) is 18.4. The van der Waals surface area contributed by atoms with Gasteiger partial charge in [-0.15, -0.1) is 0 Å². The minimum atomic E-state index is -3.53. The highest BCUT2D eigenvalue weighted by molar-refractivity contribution is 7.88. The quantitative estimate of drug-likeness (QED) is 0.580. The first-order valence-electron chi connectivity index (χ1n) is 10.0. The van der Waals surface area contributed by atoms with Gasteiger partial charge >= 0.3 is 0 Å². The lowest BCUT2D eigenvalue weighted by Crippen LogP contribution is -2.42. The molecule has 1 aliphatic rings. The van der Waals surface area contributed by atoms with Gasteiger partial charge in [-0.3, -0.25) is 4.79 Å². The van der Waals surface area contributed by atoms with E-state index in [1.165, 1.54) is 19.3 Å². The van der Waals surface area contributed by atoms with Crippen LogP contribution in [0.3, 0.4) is 0 Å². The van der Waals surface area contributed by atoms with Crippen LogP contribution in [-0.2, 0) is 21.4 Å². The third-order valence-corrected chi connectivity index (χ3v) is 6.82. The van der Waals surface area contributed by atoms with Crippen molar-refractivity contribution in [3.8, 4) is 0 Å². The molecule has 1 aromatic rings. The fraction of sp³-hybridized carbons (Fsp3) is 0.650. The first-order chi connectivity index (χ1) is 13.3. The number of sulfonamides is 1. The van der Waals surface area contributed by atoms with Crippen molar-refractivity contribution in [1.29, 1.82) is 0 Å². The first kappa shape index (κ1) is 23.1. The fourth-order valence-electron chi connectivity index (χ4n) is 3.65. The van der Waals surface area contributed by atoms with E-state index in [0.717, 1.165) is 36.5 Å². The number of nitrogens with one attached hydrogen (secondary N) is 1. The number of carbonyl (C=O) groups excluding carboxylic acids is 1. The van der Waals surface area contributed by atoms with Gasteiger partial charge in [0.05, 0.1) is 12.8 Å². The van der Waals surface area contributed by atoms with Crippen molar-refractivity contribution in [2.24, 2.45) is 0 Å². The minimum Gasteiger partial charge on any atom is -0.355 e. The highest BCUT2D eigenvalue weighted by Crippen LogP contribution is 2.19. The van der Waals surface area contributed by atoms with Gasteiger partial charge in [0.2, 0.25) is 15.9 Å². The van der Waals surface area contributed by atoms with Crippen molar-refractivity contribution >= 4 is 27.5 Å². The molecule has 1 unspecified atom stereocenters. The molecule has 1 amide bonds. The Bertz CT molecular complexity index is 742. The Morgan fingerprint density at radius 1 is 1.32 bits per heavy atom. The van der Waals surface area contributed by atoms with Crippen molar-refractivity contribution in [3.05, 3.63) is 34.9 Å². The SMILES string of the molecule is CCC1CCCCN1CCCNC(=O)CN(Cc1ccccc1Cl)S(C)(=O)=O. The Hall–Kier alpha value is -1.15. The van der Waals surface area contributed by atoms with Crippen molar-refractivity contribution in [1.82, 2.24) is 14.5 Å². The zero-order chi connectivity index (χ0) is 20.6. The van der Waals surface area contributed by atoms with Gasteiger partial charge in [0.25, 0.3) is 0 Å². The van der Waals surface area contributed by atoms with Crippen LogP contribution in [0.4, 0.5) is 0 Å². The molecule has 1 saturated heterocycles. The van der Waals surface area contributed by atoms with Gasteiger partial charge in [-0.1, -0.05) is 43.1 Å². The van der Waals surface area contributed by atoms with Gasteiger partial charge in [-0.05, 0) is 43.9 Å². The number of benzene rings is 1. The molecule has 6 nitrogen and oxygen atoms in total. The third-order valence-electron chi connectivity index (χ3n) is 5.26. The number of likely N-dealkylation sites (tertiary alicyclic amines) is 1. The van der Waals surface area contributed by atoms with E-state index < -0.39 is 10.0 Å². The summed E-state index contributed by atoms with van der Waals surface area (Å²) in [6, 6.07) is 7.71. The largest absolute Gasteiger partial charge is 0.355 e. The number of rotatable bonds is 10. The van der Waals surface area contributed by atoms with Crippen LogP contribution in [0.15, 0.2) is 24.3 Å². The van der Waals surface area contributed by atoms with Crippen LogP contribution in [0.2, 0.25) is 5.02 Å². The zero-order valence-electron chi connectivity index (χ0n) is 16.9. The van der Waals surface area contributed by atoms with Crippen molar-refractivity contribution in [3.63, 3.8) is 0 Å². The van der Waals surface area contributed by atoms with E-state index in [4.69, 9.17) is 11.6 Å². The third kappa shape index (κ3) is 7.35. The number of piperidine rings is 1. The van der Waals surface area contributed by atoms with E-state index in [1.54, 1.807) is 24.3 Å². The molecule has 0 aromatic heterocycles. The van der Waals surface area contributed by atoms with Crippen LogP contribution >= 0.6 is 11.6 Å². The van der Waals surface area contributed by atoms with E-state index in [9.17, 15) is 13.2 Å². The molecule has 8 heteroatoms. The molecule has 158 valence electrons. The molecule has 1 aliphatic heterocycles. The highest BCUT2D eigenvalue weighted by Gasteiger charge is 2.22. The van der Waals surface area contributed by atoms with E-state index in [0.29, 0.717) is 23.2 Å². The molecule has 1 fully saturated rings. The summed E-state index contributed by atoms with van der Waals surface area (Å²) < 4.78 is 25.3. The molecule has 0 spiro atoms. The molecule has 1 heterocycles. The number of carbonyl (C=O) groups is 1. The molecule has 2 rings (SSSR count). The predicted octanol–water partition coefficient (Wildman–Crippen LogP) is 2.87. The summed E-state index contributed by atoms with van der Waals surface area (Å²) in [6.07, 6.45) is 6.95. The maximum atomic E-state index is 12.3. The molecular weight excluding hydrogens is 398 g/mol. The summed E-state index contributed by atoms with van der Waals surface area (Å²) in [5, 5.41) is 3.34. The average Bonchev–Trinajstić information content (AvgIpc) is 2.66. The molecule has 0 aliphatic carbocycles. The molecular formula is C20H32ClN3O3S. The lowest BCUT2D eigenvalue weighted by Gasteiger charge is -2.35. The monoisotopic (exact) mass is 429 g/mol. The Labute approximate surface area is 174 Å². The van der Waals surface area contributed by atoms with Crippen LogP contribution < -0.4 is 5.32 Å². The minimum absolute atomic E-state index is 0.0812. The van der Waals surface area contributed by atoms with Crippen molar-refractivity contribution in [2.75, 3.05) is 32.4 Å². The van der Waals surface area contributed by atoms with Crippen LogP contribution in [0.5, 0.6) is 0 Å². The number of nitrogens with zero attached hydrogens (tertiary/aromatic N) is 2. The molecule has 0 saturated carbocycles. The van der Waals surface area contributed by atoms with E-state index >= 15 is 0 Å². The van der Waals surface area contributed by atoms with Gasteiger partial charge in [0.15, 0.2) is 0 Å². The first-order valence-corrected chi connectivity index (χ1v) is 12.2. The second kappa shape index (κ2) is 11.1. The van der Waals surface area contributed by atoms with Gasteiger partial charge in [-0.2, -0.15) is 4.31 Å². The van der Waals surface area contributed by atoms with Gasteiger partial charge < -0.3 is 10.2 Å². The second-order valence-electron chi connectivity index (χ2n) is 7.42. The number of hydrogen-bond donors (Lipinski definition) is 1. The van der Waals surface area contributed by atoms with E-state index in [-0.39, 0.29) is 19.0 Å². The second-order valence-corrected chi connectivity index (χ2v) is 9.81. The van der Waals surface area contributed by atoms with Gasteiger partial charge in [0.1, 0.15) is 0 Å². The molecule has 28 heavy (non-hydrogen) atoms. The summed E-state index contributed by atoms with van der Waals surface area (Å²) >= 11 is 6.13. The molecule has 1 aromatic carbocycles. The van der Waals surface area contributed by atoms with Crippen LogP contribution in [0.1, 0.15) is 44.6 Å². The van der Waals surface area contributed by atoms with E-state index in [2.05, 4.69) is 17.1 Å². The molecule has 1 N–H and O–H groups in total. The van der Waals surface area contributed by atoms with Crippen LogP contribution in [0, 0.1) is 0 Å². The van der Waals surface area contributed by atoms with E-state index in [1.807, 2.05) is 0 Å². The summed E-state index contributed by atoms with van der Waals surface area (Å²) in [5.41, 5.74) is 0.679. The topological polar surface area (TPSA) is 69.7 Å². The van der Waals surface area contributed by atoms with Gasteiger partial charge in [-0.25, -0.2) is 8.42 Å². The Morgan fingerprint density at radius 2 is 2.07 bits per heavy atom.